The maximum atomic E-state index is 5.56. The Hall–Kier alpha value is -1.60. The molecule has 0 amide bonds. The molecule has 17 heavy (non-hydrogen) atoms. The number of hydrazine groups is 1. The van der Waals surface area contributed by atoms with Gasteiger partial charge in [-0.2, -0.15) is 9.97 Å². The Morgan fingerprint density at radius 3 is 2.88 bits per heavy atom. The van der Waals surface area contributed by atoms with Gasteiger partial charge in [0.05, 0.1) is 6.10 Å². The van der Waals surface area contributed by atoms with E-state index in [9.17, 15) is 0 Å². The molecule has 2 atom stereocenters. The van der Waals surface area contributed by atoms with E-state index in [4.69, 9.17) is 16.3 Å². The molecule has 1 fully saturated rings. The summed E-state index contributed by atoms with van der Waals surface area (Å²) in [5, 5.41) is 3.23. The second-order valence-corrected chi connectivity index (χ2v) is 4.15. The summed E-state index contributed by atoms with van der Waals surface area (Å²) in [5.41, 5.74) is 8.01. The van der Waals surface area contributed by atoms with Crippen LogP contribution in [0.3, 0.4) is 0 Å². The molecule has 2 unspecified atom stereocenters. The zero-order valence-electron chi connectivity index (χ0n) is 9.81. The first-order chi connectivity index (χ1) is 8.19. The number of hydrogen-bond donors (Lipinski definition) is 4. The standard InChI is InChI=1S/C10H18N6O/c1-6-7(2-3-17-6)5-13-8-4-9(16-12)15-10(11)14-8/h4,6-7H,2-3,5,12H2,1H3,(H4,11,13,14,15,16). The van der Waals surface area contributed by atoms with Crippen molar-refractivity contribution in [1.82, 2.24) is 9.97 Å². The predicted molar refractivity (Wildman–Crippen MR) is 66.3 cm³/mol. The molecule has 1 saturated heterocycles. The molecule has 1 aliphatic heterocycles. The van der Waals surface area contributed by atoms with Crippen molar-refractivity contribution in [2.24, 2.45) is 11.8 Å². The third-order valence-electron chi connectivity index (χ3n) is 2.97. The lowest BCUT2D eigenvalue weighted by Gasteiger charge is -2.15. The van der Waals surface area contributed by atoms with Crippen LogP contribution in [0.5, 0.6) is 0 Å². The van der Waals surface area contributed by atoms with Crippen molar-refractivity contribution >= 4 is 17.6 Å². The number of aromatic nitrogens is 2. The monoisotopic (exact) mass is 238 g/mol. The van der Waals surface area contributed by atoms with Gasteiger partial charge in [0.1, 0.15) is 11.6 Å². The van der Waals surface area contributed by atoms with E-state index in [0.29, 0.717) is 17.6 Å². The molecule has 0 saturated carbocycles. The lowest BCUT2D eigenvalue weighted by Crippen LogP contribution is -2.21. The smallest absolute Gasteiger partial charge is 0.223 e. The summed E-state index contributed by atoms with van der Waals surface area (Å²) in [5.74, 6) is 7.14. The average molecular weight is 238 g/mol. The summed E-state index contributed by atoms with van der Waals surface area (Å²) in [6.07, 6.45) is 1.35. The van der Waals surface area contributed by atoms with E-state index in [1.807, 2.05) is 0 Å². The maximum absolute atomic E-state index is 5.56. The molecule has 0 spiro atoms. The number of rotatable bonds is 4. The summed E-state index contributed by atoms with van der Waals surface area (Å²) < 4.78 is 5.49. The van der Waals surface area contributed by atoms with E-state index in [1.165, 1.54) is 0 Å². The third-order valence-corrected chi connectivity index (χ3v) is 2.97. The summed E-state index contributed by atoms with van der Waals surface area (Å²) >= 11 is 0. The maximum Gasteiger partial charge on any atom is 0.223 e. The first-order valence-electron chi connectivity index (χ1n) is 5.65. The fourth-order valence-electron chi connectivity index (χ4n) is 1.91. The van der Waals surface area contributed by atoms with Crippen LogP contribution in [-0.2, 0) is 4.74 Å². The zero-order chi connectivity index (χ0) is 12.3. The Morgan fingerprint density at radius 2 is 2.24 bits per heavy atom. The van der Waals surface area contributed by atoms with Crippen LogP contribution < -0.4 is 22.3 Å². The minimum absolute atomic E-state index is 0.193. The molecule has 0 radical (unpaired) electrons. The van der Waals surface area contributed by atoms with Crippen LogP contribution in [0.15, 0.2) is 6.07 Å². The highest BCUT2D eigenvalue weighted by Gasteiger charge is 2.23. The van der Waals surface area contributed by atoms with Gasteiger partial charge < -0.3 is 21.2 Å². The van der Waals surface area contributed by atoms with Crippen LogP contribution in [0.25, 0.3) is 0 Å². The van der Waals surface area contributed by atoms with Crippen molar-refractivity contribution in [2.45, 2.75) is 19.4 Å². The van der Waals surface area contributed by atoms with Crippen molar-refractivity contribution < 1.29 is 4.74 Å². The molecule has 0 aromatic carbocycles. The summed E-state index contributed by atoms with van der Waals surface area (Å²) in [7, 11) is 0. The molecular weight excluding hydrogens is 220 g/mol. The Morgan fingerprint density at radius 1 is 1.47 bits per heavy atom. The molecule has 1 aromatic rings. The van der Waals surface area contributed by atoms with Crippen molar-refractivity contribution in [3.05, 3.63) is 6.07 Å². The minimum atomic E-state index is 0.193. The van der Waals surface area contributed by atoms with Crippen LogP contribution in [0, 0.1) is 5.92 Å². The number of ether oxygens (including phenoxy) is 1. The van der Waals surface area contributed by atoms with E-state index in [0.717, 1.165) is 19.6 Å². The van der Waals surface area contributed by atoms with Crippen LogP contribution in [0.4, 0.5) is 17.6 Å². The highest BCUT2D eigenvalue weighted by Crippen LogP contribution is 2.21. The van der Waals surface area contributed by atoms with Crippen LogP contribution in [0.2, 0.25) is 0 Å². The Balaban J connectivity index is 1.96. The molecule has 7 nitrogen and oxygen atoms in total. The Bertz CT molecular complexity index is 385. The molecule has 1 aliphatic rings. The molecule has 0 aliphatic carbocycles. The van der Waals surface area contributed by atoms with Gasteiger partial charge in [0.25, 0.3) is 0 Å². The van der Waals surface area contributed by atoms with E-state index < -0.39 is 0 Å². The molecule has 2 heterocycles. The molecule has 2 rings (SSSR count). The Labute approximate surface area is 99.9 Å². The molecule has 94 valence electrons. The lowest BCUT2D eigenvalue weighted by molar-refractivity contribution is 0.108. The van der Waals surface area contributed by atoms with E-state index in [-0.39, 0.29) is 12.1 Å². The van der Waals surface area contributed by atoms with Gasteiger partial charge in [0.15, 0.2) is 0 Å². The largest absolute Gasteiger partial charge is 0.378 e. The van der Waals surface area contributed by atoms with Gasteiger partial charge >= 0.3 is 0 Å². The number of nitrogens with zero attached hydrogens (tertiary/aromatic N) is 2. The summed E-state index contributed by atoms with van der Waals surface area (Å²) in [4.78, 5) is 8.00. The van der Waals surface area contributed by atoms with E-state index >= 15 is 0 Å². The predicted octanol–water partition coefficient (Wildman–Crippen LogP) is 0.181. The van der Waals surface area contributed by atoms with Gasteiger partial charge in [-0.05, 0) is 13.3 Å². The highest BCUT2D eigenvalue weighted by molar-refractivity contribution is 5.50. The quantitative estimate of drug-likeness (QED) is 0.437. The zero-order valence-corrected chi connectivity index (χ0v) is 9.81. The number of hydrogen-bond acceptors (Lipinski definition) is 7. The van der Waals surface area contributed by atoms with Crippen molar-refractivity contribution in [3.63, 3.8) is 0 Å². The van der Waals surface area contributed by atoms with Gasteiger partial charge in [-0.25, -0.2) is 5.84 Å². The summed E-state index contributed by atoms with van der Waals surface area (Å²) in [6, 6.07) is 1.72. The van der Waals surface area contributed by atoms with Gasteiger partial charge in [0.2, 0.25) is 5.95 Å². The summed E-state index contributed by atoms with van der Waals surface area (Å²) in [6.45, 7) is 3.72. The van der Waals surface area contributed by atoms with Crippen LogP contribution in [-0.4, -0.2) is 29.2 Å². The molecule has 1 aromatic heterocycles. The number of nitrogen functional groups attached to an aromatic ring is 2. The number of anilines is 3. The van der Waals surface area contributed by atoms with Gasteiger partial charge in [-0.1, -0.05) is 0 Å². The van der Waals surface area contributed by atoms with Gasteiger partial charge in [-0.3, -0.25) is 0 Å². The van der Waals surface area contributed by atoms with Gasteiger partial charge in [-0.15, -0.1) is 0 Å². The van der Waals surface area contributed by atoms with E-state index in [2.05, 4.69) is 27.6 Å². The Kier molecular flexibility index (Phi) is 3.60. The van der Waals surface area contributed by atoms with Crippen molar-refractivity contribution in [2.75, 3.05) is 29.6 Å². The number of nitrogens with one attached hydrogen (secondary N) is 2. The van der Waals surface area contributed by atoms with Crippen LogP contribution >= 0.6 is 0 Å². The SMILES string of the molecule is CC1OCCC1CNc1cc(NN)nc(N)n1. The first-order valence-corrected chi connectivity index (χ1v) is 5.65. The minimum Gasteiger partial charge on any atom is -0.378 e. The molecule has 7 heteroatoms. The molecule has 6 N–H and O–H groups in total. The van der Waals surface area contributed by atoms with E-state index in [1.54, 1.807) is 6.07 Å². The second kappa shape index (κ2) is 5.15. The fourth-order valence-corrected chi connectivity index (χ4v) is 1.91. The number of nitrogens with two attached hydrogens (primary N) is 2. The molecular formula is C10H18N6O. The average Bonchev–Trinajstić information content (AvgIpc) is 2.71. The second-order valence-electron chi connectivity index (χ2n) is 4.15. The first kappa shape index (κ1) is 11.9. The highest BCUT2D eigenvalue weighted by atomic mass is 16.5. The third kappa shape index (κ3) is 2.95. The van der Waals surface area contributed by atoms with Crippen molar-refractivity contribution in [3.8, 4) is 0 Å². The van der Waals surface area contributed by atoms with Gasteiger partial charge in [0, 0.05) is 25.1 Å². The normalized spacial score (nSPS) is 23.6. The lowest BCUT2D eigenvalue weighted by atomic mass is 10.0. The topological polar surface area (TPSA) is 111 Å². The molecule has 0 bridgehead atoms. The fraction of sp³-hybridized carbons (Fsp3) is 0.600. The van der Waals surface area contributed by atoms with Crippen LogP contribution in [0.1, 0.15) is 13.3 Å². The van der Waals surface area contributed by atoms with Crippen molar-refractivity contribution in [1.29, 1.82) is 0 Å².